The summed E-state index contributed by atoms with van der Waals surface area (Å²) in [4.78, 5) is 3.69. The van der Waals surface area contributed by atoms with Crippen LogP contribution in [0, 0.1) is 13.8 Å². The van der Waals surface area contributed by atoms with Gasteiger partial charge in [0.05, 0.1) is 6.04 Å². The molecule has 1 aromatic heterocycles. The fourth-order valence-corrected chi connectivity index (χ4v) is 4.39. The normalized spacial score (nSPS) is 17.5. The van der Waals surface area contributed by atoms with Crippen molar-refractivity contribution in [2.75, 3.05) is 6.54 Å². The smallest absolute Gasteiger partial charge is 0.0732 e. The molecule has 0 fully saturated rings. The van der Waals surface area contributed by atoms with E-state index in [1.165, 1.54) is 38.9 Å². The molecule has 0 saturated carbocycles. The van der Waals surface area contributed by atoms with Crippen LogP contribution >= 0.6 is 31.9 Å². The molecular formula is C19H18Br2N2. The Labute approximate surface area is 152 Å². The molecule has 0 aliphatic carbocycles. The Kier molecular flexibility index (Phi) is 3.87. The summed E-state index contributed by atoms with van der Waals surface area (Å²) < 4.78 is 2.17. The summed E-state index contributed by atoms with van der Waals surface area (Å²) in [7, 11) is 0. The standard InChI is InChI=1S/C19H18Br2N2/c1-10-7-11(2)17-13-5-6-22-18(19(13)23-16(17)8-10)12-3-4-14(20)15(21)9-12/h3-4,7-9,18,22-23H,5-6H2,1-2H3. The zero-order chi connectivity index (χ0) is 16.1. The Balaban J connectivity index is 1.91. The second-order valence-corrected chi connectivity index (χ2v) is 8.04. The van der Waals surface area contributed by atoms with Gasteiger partial charge < -0.3 is 10.3 Å². The Morgan fingerprint density at radius 1 is 1.04 bits per heavy atom. The molecule has 0 saturated heterocycles. The minimum atomic E-state index is 0.218. The molecule has 118 valence electrons. The number of hydrogen-bond donors (Lipinski definition) is 2. The van der Waals surface area contributed by atoms with Crippen molar-refractivity contribution in [2.24, 2.45) is 0 Å². The van der Waals surface area contributed by atoms with Crippen LogP contribution in [0.3, 0.4) is 0 Å². The van der Waals surface area contributed by atoms with Crippen molar-refractivity contribution in [1.29, 1.82) is 0 Å². The highest BCUT2D eigenvalue weighted by molar-refractivity contribution is 9.13. The summed E-state index contributed by atoms with van der Waals surface area (Å²) in [5.74, 6) is 0. The summed E-state index contributed by atoms with van der Waals surface area (Å²) in [5, 5.41) is 5.08. The highest BCUT2D eigenvalue weighted by Gasteiger charge is 2.26. The van der Waals surface area contributed by atoms with Crippen LogP contribution in [0.5, 0.6) is 0 Å². The highest BCUT2D eigenvalue weighted by Crippen LogP contribution is 2.37. The van der Waals surface area contributed by atoms with Gasteiger partial charge in [-0.05, 0) is 92.6 Å². The van der Waals surface area contributed by atoms with E-state index in [9.17, 15) is 0 Å². The fraction of sp³-hybridized carbons (Fsp3) is 0.263. The SMILES string of the molecule is Cc1cc(C)c2c3c([nH]c2c1)C(c1ccc(Br)c(Br)c1)NCC3. The number of aromatic amines is 1. The van der Waals surface area contributed by atoms with Crippen LogP contribution < -0.4 is 5.32 Å². The number of rotatable bonds is 1. The largest absolute Gasteiger partial charge is 0.357 e. The zero-order valence-electron chi connectivity index (χ0n) is 13.1. The zero-order valence-corrected chi connectivity index (χ0v) is 16.3. The van der Waals surface area contributed by atoms with Crippen LogP contribution in [0.25, 0.3) is 10.9 Å². The second kappa shape index (κ2) is 5.76. The molecule has 1 aliphatic rings. The lowest BCUT2D eigenvalue weighted by atomic mass is 9.93. The van der Waals surface area contributed by atoms with Gasteiger partial charge in [-0.3, -0.25) is 0 Å². The first-order valence-electron chi connectivity index (χ1n) is 7.84. The van der Waals surface area contributed by atoms with E-state index < -0.39 is 0 Å². The van der Waals surface area contributed by atoms with Crippen molar-refractivity contribution in [3.8, 4) is 0 Å². The first kappa shape index (κ1) is 15.4. The minimum Gasteiger partial charge on any atom is -0.357 e. The van der Waals surface area contributed by atoms with Gasteiger partial charge in [0, 0.05) is 32.1 Å². The van der Waals surface area contributed by atoms with Crippen molar-refractivity contribution in [3.05, 3.63) is 67.2 Å². The van der Waals surface area contributed by atoms with Crippen molar-refractivity contribution in [1.82, 2.24) is 10.3 Å². The number of H-pyrrole nitrogens is 1. The molecule has 2 aromatic carbocycles. The van der Waals surface area contributed by atoms with Gasteiger partial charge in [-0.25, -0.2) is 0 Å². The van der Waals surface area contributed by atoms with E-state index in [4.69, 9.17) is 0 Å². The molecule has 2 N–H and O–H groups in total. The first-order valence-corrected chi connectivity index (χ1v) is 9.43. The van der Waals surface area contributed by atoms with Crippen molar-refractivity contribution >= 4 is 42.8 Å². The summed E-state index contributed by atoms with van der Waals surface area (Å²) in [6.45, 7) is 5.39. The third-order valence-electron chi connectivity index (χ3n) is 4.67. The van der Waals surface area contributed by atoms with E-state index in [-0.39, 0.29) is 6.04 Å². The number of benzene rings is 2. The molecule has 3 aromatic rings. The molecule has 23 heavy (non-hydrogen) atoms. The second-order valence-electron chi connectivity index (χ2n) is 6.33. The van der Waals surface area contributed by atoms with E-state index >= 15 is 0 Å². The number of hydrogen-bond acceptors (Lipinski definition) is 1. The number of halogens is 2. The Hall–Kier alpha value is -1.10. The van der Waals surface area contributed by atoms with Crippen LogP contribution in [0.2, 0.25) is 0 Å². The van der Waals surface area contributed by atoms with Gasteiger partial charge in [-0.15, -0.1) is 0 Å². The van der Waals surface area contributed by atoms with Crippen LogP contribution in [-0.4, -0.2) is 11.5 Å². The van der Waals surface area contributed by atoms with Crippen LogP contribution in [0.4, 0.5) is 0 Å². The van der Waals surface area contributed by atoms with Gasteiger partial charge >= 0.3 is 0 Å². The lowest BCUT2D eigenvalue weighted by Gasteiger charge is -2.25. The van der Waals surface area contributed by atoms with Crippen molar-refractivity contribution < 1.29 is 0 Å². The lowest BCUT2D eigenvalue weighted by Crippen LogP contribution is -2.30. The van der Waals surface area contributed by atoms with Gasteiger partial charge in [0.15, 0.2) is 0 Å². The maximum Gasteiger partial charge on any atom is 0.0732 e. The maximum absolute atomic E-state index is 3.69. The predicted octanol–water partition coefficient (Wildman–Crippen LogP) is 5.54. The quantitative estimate of drug-likeness (QED) is 0.517. The third-order valence-corrected chi connectivity index (χ3v) is 6.54. The fourth-order valence-electron chi connectivity index (χ4n) is 3.75. The molecule has 4 heteroatoms. The average Bonchev–Trinajstić information content (AvgIpc) is 2.88. The number of aromatic nitrogens is 1. The number of aryl methyl sites for hydroxylation is 2. The van der Waals surface area contributed by atoms with Gasteiger partial charge in [0.25, 0.3) is 0 Å². The van der Waals surface area contributed by atoms with Crippen LogP contribution in [0.15, 0.2) is 39.3 Å². The van der Waals surface area contributed by atoms with Crippen LogP contribution in [-0.2, 0) is 6.42 Å². The maximum atomic E-state index is 3.69. The molecule has 0 amide bonds. The van der Waals surface area contributed by atoms with E-state index in [0.717, 1.165) is 21.9 Å². The molecular weight excluding hydrogens is 416 g/mol. The van der Waals surface area contributed by atoms with E-state index in [2.05, 4.69) is 86.3 Å². The molecule has 0 spiro atoms. The molecule has 1 unspecified atom stereocenters. The van der Waals surface area contributed by atoms with Crippen molar-refractivity contribution in [2.45, 2.75) is 26.3 Å². The lowest BCUT2D eigenvalue weighted by molar-refractivity contribution is 0.560. The topological polar surface area (TPSA) is 27.8 Å². The van der Waals surface area contributed by atoms with Gasteiger partial charge in [-0.1, -0.05) is 12.1 Å². The predicted molar refractivity (Wildman–Crippen MR) is 103 cm³/mol. The number of fused-ring (bicyclic) bond motifs is 3. The number of nitrogens with one attached hydrogen (secondary N) is 2. The Morgan fingerprint density at radius 3 is 2.65 bits per heavy atom. The van der Waals surface area contributed by atoms with Gasteiger partial charge in [0.1, 0.15) is 0 Å². The summed E-state index contributed by atoms with van der Waals surface area (Å²) in [6, 6.07) is 11.2. The molecule has 2 heterocycles. The monoisotopic (exact) mass is 432 g/mol. The highest BCUT2D eigenvalue weighted by atomic mass is 79.9. The van der Waals surface area contributed by atoms with E-state index in [1.807, 2.05) is 0 Å². The molecule has 4 rings (SSSR count). The summed E-state index contributed by atoms with van der Waals surface area (Å²) >= 11 is 7.18. The summed E-state index contributed by atoms with van der Waals surface area (Å²) in [5.41, 5.74) is 8.01. The van der Waals surface area contributed by atoms with E-state index in [1.54, 1.807) is 0 Å². The first-order chi connectivity index (χ1) is 11.0. The van der Waals surface area contributed by atoms with Gasteiger partial charge in [0.2, 0.25) is 0 Å². The Morgan fingerprint density at radius 2 is 1.87 bits per heavy atom. The molecule has 0 radical (unpaired) electrons. The van der Waals surface area contributed by atoms with Crippen molar-refractivity contribution in [3.63, 3.8) is 0 Å². The van der Waals surface area contributed by atoms with Crippen LogP contribution in [0.1, 0.15) is 34.0 Å². The molecule has 2 nitrogen and oxygen atoms in total. The Bertz CT molecular complexity index is 911. The van der Waals surface area contributed by atoms with Gasteiger partial charge in [-0.2, -0.15) is 0 Å². The summed E-state index contributed by atoms with van der Waals surface area (Å²) in [6.07, 6.45) is 1.08. The average molecular weight is 434 g/mol. The minimum absolute atomic E-state index is 0.218. The molecule has 1 atom stereocenters. The molecule has 0 bridgehead atoms. The van der Waals surface area contributed by atoms with E-state index in [0.29, 0.717) is 0 Å². The third kappa shape index (κ3) is 2.57. The molecule has 1 aliphatic heterocycles.